The normalized spacial score (nSPS) is 27.4. The predicted molar refractivity (Wildman–Crippen MR) is 76.7 cm³/mol. The molecular formula is C15H21N3O. The van der Waals surface area contributed by atoms with E-state index in [9.17, 15) is 0 Å². The average Bonchev–Trinajstić information content (AvgIpc) is 2.94. The van der Waals surface area contributed by atoms with Crippen molar-refractivity contribution < 1.29 is 5.21 Å². The van der Waals surface area contributed by atoms with E-state index >= 15 is 0 Å². The number of amidine groups is 1. The van der Waals surface area contributed by atoms with Crippen LogP contribution in [-0.2, 0) is 0 Å². The van der Waals surface area contributed by atoms with Crippen molar-refractivity contribution in [2.75, 3.05) is 11.4 Å². The highest BCUT2D eigenvalue weighted by Gasteiger charge is 2.35. The molecule has 0 bridgehead atoms. The largest absolute Gasteiger partial charge is 0.409 e. The third-order valence-electron chi connectivity index (χ3n) is 4.59. The van der Waals surface area contributed by atoms with Crippen molar-refractivity contribution in [2.45, 2.75) is 38.1 Å². The van der Waals surface area contributed by atoms with Crippen LogP contribution in [0.1, 0.15) is 37.7 Å². The Kier molecular flexibility index (Phi) is 3.32. The zero-order valence-electron chi connectivity index (χ0n) is 11.1. The number of oxime groups is 1. The van der Waals surface area contributed by atoms with Gasteiger partial charge >= 0.3 is 0 Å². The van der Waals surface area contributed by atoms with Crippen LogP contribution in [0, 0.1) is 5.92 Å². The Labute approximate surface area is 113 Å². The van der Waals surface area contributed by atoms with Gasteiger partial charge < -0.3 is 15.8 Å². The van der Waals surface area contributed by atoms with Crippen LogP contribution < -0.4 is 10.6 Å². The van der Waals surface area contributed by atoms with Gasteiger partial charge in [-0.2, -0.15) is 0 Å². The lowest BCUT2D eigenvalue weighted by molar-refractivity contribution is 0.318. The maximum absolute atomic E-state index is 8.94. The second-order valence-electron chi connectivity index (χ2n) is 5.60. The van der Waals surface area contributed by atoms with Crippen LogP contribution in [0.5, 0.6) is 0 Å². The van der Waals surface area contributed by atoms with Crippen LogP contribution >= 0.6 is 0 Å². The Balaban J connectivity index is 1.97. The minimum Gasteiger partial charge on any atom is -0.409 e. The molecule has 0 spiro atoms. The van der Waals surface area contributed by atoms with E-state index in [0.29, 0.717) is 6.04 Å². The van der Waals surface area contributed by atoms with Gasteiger partial charge in [0.1, 0.15) is 0 Å². The first-order valence-corrected chi connectivity index (χ1v) is 7.15. The maximum atomic E-state index is 8.94. The summed E-state index contributed by atoms with van der Waals surface area (Å²) in [5, 5.41) is 12.1. The lowest BCUT2D eigenvalue weighted by atomic mass is 9.91. The van der Waals surface area contributed by atoms with E-state index in [0.717, 1.165) is 23.7 Å². The highest BCUT2D eigenvalue weighted by atomic mass is 16.4. The zero-order chi connectivity index (χ0) is 13.2. The van der Waals surface area contributed by atoms with E-state index in [1.54, 1.807) is 0 Å². The Morgan fingerprint density at radius 3 is 2.84 bits per heavy atom. The molecule has 1 saturated carbocycles. The second-order valence-corrected chi connectivity index (χ2v) is 5.60. The number of nitrogens with two attached hydrogens (primary N) is 1. The molecule has 1 saturated heterocycles. The molecule has 2 atom stereocenters. The fourth-order valence-electron chi connectivity index (χ4n) is 3.75. The molecule has 0 amide bonds. The summed E-state index contributed by atoms with van der Waals surface area (Å²) in [4.78, 5) is 2.48. The molecule has 102 valence electrons. The summed E-state index contributed by atoms with van der Waals surface area (Å²) < 4.78 is 0. The molecule has 0 radical (unpaired) electrons. The first kappa shape index (κ1) is 12.3. The van der Waals surface area contributed by atoms with E-state index in [-0.39, 0.29) is 5.84 Å². The molecular weight excluding hydrogens is 238 g/mol. The highest BCUT2D eigenvalue weighted by molar-refractivity contribution is 6.02. The van der Waals surface area contributed by atoms with Crippen molar-refractivity contribution >= 4 is 11.5 Å². The Bertz CT molecular complexity index is 486. The van der Waals surface area contributed by atoms with E-state index in [1.165, 1.54) is 32.1 Å². The van der Waals surface area contributed by atoms with Gasteiger partial charge in [0.15, 0.2) is 5.84 Å². The molecule has 1 aromatic carbocycles. The Morgan fingerprint density at radius 1 is 1.21 bits per heavy atom. The van der Waals surface area contributed by atoms with Crippen LogP contribution in [0.2, 0.25) is 0 Å². The van der Waals surface area contributed by atoms with E-state index in [4.69, 9.17) is 10.9 Å². The Hall–Kier alpha value is -1.71. The van der Waals surface area contributed by atoms with Crippen LogP contribution in [0.25, 0.3) is 0 Å². The number of fused-ring (bicyclic) bond motifs is 1. The van der Waals surface area contributed by atoms with E-state index in [1.807, 2.05) is 18.2 Å². The monoisotopic (exact) mass is 259 g/mol. The quantitative estimate of drug-likeness (QED) is 0.371. The van der Waals surface area contributed by atoms with Crippen molar-refractivity contribution in [3.05, 3.63) is 29.8 Å². The fourth-order valence-corrected chi connectivity index (χ4v) is 3.75. The molecule has 1 heterocycles. The van der Waals surface area contributed by atoms with Gasteiger partial charge in [0.25, 0.3) is 0 Å². The average molecular weight is 259 g/mol. The van der Waals surface area contributed by atoms with Gasteiger partial charge in [-0.3, -0.25) is 0 Å². The number of piperidine rings is 1. The smallest absolute Gasteiger partial charge is 0.172 e. The molecule has 2 unspecified atom stereocenters. The predicted octanol–water partition coefficient (Wildman–Crippen LogP) is 2.55. The van der Waals surface area contributed by atoms with Crippen LogP contribution in [0.3, 0.4) is 0 Å². The number of benzene rings is 1. The lowest BCUT2D eigenvalue weighted by Gasteiger charge is -2.40. The lowest BCUT2D eigenvalue weighted by Crippen LogP contribution is -2.43. The first-order chi connectivity index (χ1) is 9.31. The number of para-hydroxylation sites is 1. The third-order valence-corrected chi connectivity index (χ3v) is 4.59. The summed E-state index contributed by atoms with van der Waals surface area (Å²) in [6.07, 6.45) is 6.55. The van der Waals surface area contributed by atoms with Crippen LogP contribution in [-0.4, -0.2) is 23.6 Å². The zero-order valence-corrected chi connectivity index (χ0v) is 11.1. The molecule has 0 aromatic heterocycles. The fraction of sp³-hybridized carbons (Fsp3) is 0.533. The first-order valence-electron chi connectivity index (χ1n) is 7.15. The minimum absolute atomic E-state index is 0.204. The van der Waals surface area contributed by atoms with E-state index in [2.05, 4.69) is 16.1 Å². The number of hydrogen-bond acceptors (Lipinski definition) is 3. The molecule has 1 aliphatic heterocycles. The molecule has 3 N–H and O–H groups in total. The van der Waals surface area contributed by atoms with Gasteiger partial charge in [0.2, 0.25) is 0 Å². The molecule has 3 rings (SSSR count). The molecule has 1 aliphatic carbocycles. The summed E-state index contributed by atoms with van der Waals surface area (Å²) in [5.74, 6) is 1.03. The Morgan fingerprint density at radius 2 is 2.00 bits per heavy atom. The van der Waals surface area contributed by atoms with Crippen LogP contribution in [0.4, 0.5) is 5.69 Å². The van der Waals surface area contributed by atoms with Gasteiger partial charge in [-0.1, -0.05) is 23.7 Å². The van der Waals surface area contributed by atoms with Crippen molar-refractivity contribution in [2.24, 2.45) is 16.8 Å². The van der Waals surface area contributed by atoms with Gasteiger partial charge in [-0.05, 0) is 43.7 Å². The SMILES string of the molecule is NC(=NO)c1ccccc1N1CCCC2CCCC21. The minimum atomic E-state index is 0.204. The number of hydrogen-bond donors (Lipinski definition) is 2. The number of nitrogens with zero attached hydrogens (tertiary/aromatic N) is 2. The summed E-state index contributed by atoms with van der Waals surface area (Å²) in [6, 6.07) is 8.63. The summed E-state index contributed by atoms with van der Waals surface area (Å²) in [5.41, 5.74) is 7.78. The van der Waals surface area contributed by atoms with Crippen molar-refractivity contribution in [1.82, 2.24) is 0 Å². The standard InChI is InChI=1S/C15H21N3O/c16-15(17-19)12-7-1-2-8-14(12)18-10-4-6-11-5-3-9-13(11)18/h1-2,7-8,11,13,19H,3-6,9-10H2,(H2,16,17). The molecule has 1 aromatic rings. The molecule has 2 fully saturated rings. The third kappa shape index (κ3) is 2.15. The van der Waals surface area contributed by atoms with Crippen molar-refractivity contribution in [3.63, 3.8) is 0 Å². The van der Waals surface area contributed by atoms with Gasteiger partial charge in [0, 0.05) is 23.8 Å². The maximum Gasteiger partial charge on any atom is 0.172 e. The second kappa shape index (κ2) is 5.11. The van der Waals surface area contributed by atoms with Gasteiger partial charge in [-0.25, -0.2) is 0 Å². The molecule has 4 nitrogen and oxygen atoms in total. The molecule has 2 aliphatic rings. The van der Waals surface area contributed by atoms with Crippen molar-refractivity contribution in [3.8, 4) is 0 Å². The van der Waals surface area contributed by atoms with Crippen LogP contribution in [0.15, 0.2) is 29.4 Å². The summed E-state index contributed by atoms with van der Waals surface area (Å²) in [7, 11) is 0. The topological polar surface area (TPSA) is 61.9 Å². The van der Waals surface area contributed by atoms with Crippen molar-refractivity contribution in [1.29, 1.82) is 0 Å². The number of anilines is 1. The molecule has 19 heavy (non-hydrogen) atoms. The highest BCUT2D eigenvalue weighted by Crippen LogP contribution is 2.39. The van der Waals surface area contributed by atoms with Gasteiger partial charge in [-0.15, -0.1) is 0 Å². The van der Waals surface area contributed by atoms with E-state index < -0.39 is 0 Å². The number of rotatable bonds is 2. The molecule has 4 heteroatoms. The van der Waals surface area contributed by atoms with Gasteiger partial charge in [0.05, 0.1) is 0 Å². The summed E-state index contributed by atoms with van der Waals surface area (Å²) >= 11 is 0. The summed E-state index contributed by atoms with van der Waals surface area (Å²) in [6.45, 7) is 1.08.